The third kappa shape index (κ3) is 4.32. The van der Waals surface area contributed by atoms with Crippen molar-refractivity contribution in [2.24, 2.45) is 0 Å². The van der Waals surface area contributed by atoms with Crippen molar-refractivity contribution in [2.45, 2.75) is 38.5 Å². The van der Waals surface area contributed by atoms with Crippen LogP contribution in [0, 0.1) is 0 Å². The molecule has 1 fully saturated rings. The molecule has 1 unspecified atom stereocenters. The molecule has 2 rings (SSSR count). The van der Waals surface area contributed by atoms with E-state index in [-0.39, 0.29) is 6.10 Å². The smallest absolute Gasteiger partial charge is 0.126 e. The molecule has 0 aliphatic heterocycles. The van der Waals surface area contributed by atoms with Crippen LogP contribution in [0.3, 0.4) is 0 Å². The van der Waals surface area contributed by atoms with E-state index < -0.39 is 0 Å². The Bertz CT molecular complexity index is 352. The van der Waals surface area contributed by atoms with Gasteiger partial charge in [0.2, 0.25) is 0 Å². The maximum Gasteiger partial charge on any atom is 0.126 e. The number of pyridine rings is 1. The molecule has 1 aromatic rings. The zero-order valence-corrected chi connectivity index (χ0v) is 10.6. The first-order valence-electron chi connectivity index (χ1n) is 6.24. The molecule has 94 valence electrons. The lowest BCUT2D eigenvalue weighted by molar-refractivity contribution is 0.128. The molecule has 0 amide bonds. The molecule has 17 heavy (non-hydrogen) atoms. The Morgan fingerprint density at radius 2 is 2.29 bits per heavy atom. The van der Waals surface area contributed by atoms with Crippen molar-refractivity contribution in [3.05, 3.63) is 23.9 Å². The number of ether oxygens (including phenoxy) is 1. The van der Waals surface area contributed by atoms with E-state index in [0.29, 0.717) is 0 Å². The lowest BCUT2D eigenvalue weighted by atomic mass is 10.3. The predicted molar refractivity (Wildman–Crippen MR) is 69.1 cm³/mol. The van der Waals surface area contributed by atoms with Crippen LogP contribution in [0.5, 0.6) is 0 Å². The molecule has 1 heterocycles. The van der Waals surface area contributed by atoms with Gasteiger partial charge in [0, 0.05) is 26.2 Å². The highest BCUT2D eigenvalue weighted by Gasteiger charge is 2.20. The van der Waals surface area contributed by atoms with Crippen molar-refractivity contribution in [3.63, 3.8) is 0 Å². The van der Waals surface area contributed by atoms with Gasteiger partial charge in [-0.2, -0.15) is 0 Å². The van der Waals surface area contributed by atoms with Crippen LogP contribution in [-0.4, -0.2) is 30.8 Å². The Hall–Kier alpha value is -1.13. The monoisotopic (exact) mass is 235 g/mol. The standard InChI is InChI=1S/C13H21N3O/c1-10(17-2)8-15-13-5-3-4-12(16-13)9-14-11-6-7-11/h3-5,10-11,14H,6-9H2,1-2H3,(H,15,16). The number of aromatic nitrogens is 1. The number of rotatable bonds is 7. The highest BCUT2D eigenvalue weighted by Crippen LogP contribution is 2.19. The number of hydrogen-bond donors (Lipinski definition) is 2. The first-order valence-corrected chi connectivity index (χ1v) is 6.24. The topological polar surface area (TPSA) is 46.2 Å². The Kier molecular flexibility index (Phi) is 4.34. The number of hydrogen-bond acceptors (Lipinski definition) is 4. The average molecular weight is 235 g/mol. The third-order valence-electron chi connectivity index (χ3n) is 2.93. The maximum absolute atomic E-state index is 5.19. The Morgan fingerprint density at radius 3 is 3.00 bits per heavy atom. The summed E-state index contributed by atoms with van der Waals surface area (Å²) in [5.41, 5.74) is 1.09. The highest BCUT2D eigenvalue weighted by molar-refractivity contribution is 5.35. The van der Waals surface area contributed by atoms with Crippen molar-refractivity contribution < 1.29 is 4.74 Å². The molecule has 0 bridgehead atoms. The van der Waals surface area contributed by atoms with Gasteiger partial charge >= 0.3 is 0 Å². The highest BCUT2D eigenvalue weighted by atomic mass is 16.5. The van der Waals surface area contributed by atoms with Crippen molar-refractivity contribution in [3.8, 4) is 0 Å². The zero-order chi connectivity index (χ0) is 12.1. The van der Waals surface area contributed by atoms with Gasteiger partial charge in [0.05, 0.1) is 11.8 Å². The summed E-state index contributed by atoms with van der Waals surface area (Å²) in [6.07, 6.45) is 2.82. The molecule has 0 radical (unpaired) electrons. The maximum atomic E-state index is 5.19. The first kappa shape index (κ1) is 12.3. The van der Waals surface area contributed by atoms with Crippen LogP contribution < -0.4 is 10.6 Å². The molecule has 1 aliphatic carbocycles. The van der Waals surface area contributed by atoms with E-state index in [1.807, 2.05) is 19.1 Å². The molecular formula is C13H21N3O. The van der Waals surface area contributed by atoms with Gasteiger partial charge in [-0.25, -0.2) is 4.98 Å². The van der Waals surface area contributed by atoms with E-state index in [2.05, 4.69) is 21.7 Å². The second-order valence-electron chi connectivity index (χ2n) is 4.60. The Balaban J connectivity index is 1.82. The lowest BCUT2D eigenvalue weighted by Crippen LogP contribution is -2.20. The molecule has 0 aromatic carbocycles. The van der Waals surface area contributed by atoms with E-state index in [0.717, 1.165) is 30.6 Å². The van der Waals surface area contributed by atoms with Crippen LogP contribution in [0.15, 0.2) is 18.2 Å². The minimum absolute atomic E-state index is 0.199. The van der Waals surface area contributed by atoms with Crippen LogP contribution in [0.2, 0.25) is 0 Å². The SMILES string of the molecule is COC(C)CNc1cccc(CNC2CC2)n1. The predicted octanol–water partition coefficient (Wildman–Crippen LogP) is 1.78. The molecule has 0 saturated heterocycles. The largest absolute Gasteiger partial charge is 0.380 e. The molecule has 2 N–H and O–H groups in total. The molecule has 1 atom stereocenters. The molecule has 1 aromatic heterocycles. The van der Waals surface area contributed by atoms with E-state index in [4.69, 9.17) is 4.74 Å². The van der Waals surface area contributed by atoms with Crippen molar-refractivity contribution >= 4 is 5.82 Å². The summed E-state index contributed by atoms with van der Waals surface area (Å²) in [6.45, 7) is 3.68. The number of methoxy groups -OCH3 is 1. The lowest BCUT2D eigenvalue weighted by Gasteiger charge is -2.12. The number of anilines is 1. The van der Waals surface area contributed by atoms with Gasteiger partial charge in [-0.05, 0) is 31.9 Å². The van der Waals surface area contributed by atoms with Gasteiger partial charge in [0.1, 0.15) is 5.82 Å². The van der Waals surface area contributed by atoms with Crippen molar-refractivity contribution in [2.75, 3.05) is 19.0 Å². The van der Waals surface area contributed by atoms with E-state index in [1.165, 1.54) is 12.8 Å². The zero-order valence-electron chi connectivity index (χ0n) is 10.6. The summed E-state index contributed by atoms with van der Waals surface area (Å²) in [4.78, 5) is 4.55. The fourth-order valence-corrected chi connectivity index (χ4v) is 1.54. The van der Waals surface area contributed by atoms with Crippen LogP contribution >= 0.6 is 0 Å². The fraction of sp³-hybridized carbons (Fsp3) is 0.615. The van der Waals surface area contributed by atoms with Crippen LogP contribution in [0.25, 0.3) is 0 Å². The van der Waals surface area contributed by atoms with Gasteiger partial charge in [0.15, 0.2) is 0 Å². The molecule has 1 saturated carbocycles. The van der Waals surface area contributed by atoms with Gasteiger partial charge < -0.3 is 15.4 Å². The van der Waals surface area contributed by atoms with Crippen LogP contribution in [-0.2, 0) is 11.3 Å². The summed E-state index contributed by atoms with van der Waals surface area (Å²) in [5.74, 6) is 0.920. The minimum atomic E-state index is 0.199. The van der Waals surface area contributed by atoms with Crippen LogP contribution in [0.1, 0.15) is 25.5 Å². The average Bonchev–Trinajstić information content (AvgIpc) is 3.18. The number of nitrogens with one attached hydrogen (secondary N) is 2. The van der Waals surface area contributed by atoms with E-state index in [9.17, 15) is 0 Å². The van der Waals surface area contributed by atoms with Gasteiger partial charge in [0.25, 0.3) is 0 Å². The molecular weight excluding hydrogens is 214 g/mol. The van der Waals surface area contributed by atoms with Crippen molar-refractivity contribution in [1.29, 1.82) is 0 Å². The second kappa shape index (κ2) is 5.98. The summed E-state index contributed by atoms with van der Waals surface area (Å²) in [6, 6.07) is 6.81. The van der Waals surface area contributed by atoms with E-state index in [1.54, 1.807) is 7.11 Å². The summed E-state index contributed by atoms with van der Waals surface area (Å²) < 4.78 is 5.19. The Morgan fingerprint density at radius 1 is 1.47 bits per heavy atom. The van der Waals surface area contributed by atoms with Gasteiger partial charge in [-0.3, -0.25) is 0 Å². The first-order chi connectivity index (χ1) is 8.28. The molecule has 1 aliphatic rings. The fourth-order valence-electron chi connectivity index (χ4n) is 1.54. The number of nitrogens with zero attached hydrogens (tertiary/aromatic N) is 1. The molecule has 0 spiro atoms. The van der Waals surface area contributed by atoms with Crippen molar-refractivity contribution in [1.82, 2.24) is 10.3 Å². The van der Waals surface area contributed by atoms with Gasteiger partial charge in [-0.15, -0.1) is 0 Å². The quantitative estimate of drug-likeness (QED) is 0.756. The third-order valence-corrected chi connectivity index (χ3v) is 2.93. The van der Waals surface area contributed by atoms with Crippen LogP contribution in [0.4, 0.5) is 5.82 Å². The normalized spacial score (nSPS) is 16.8. The summed E-state index contributed by atoms with van der Waals surface area (Å²) >= 11 is 0. The second-order valence-corrected chi connectivity index (χ2v) is 4.60. The Labute approximate surface area is 103 Å². The van der Waals surface area contributed by atoms with Gasteiger partial charge in [-0.1, -0.05) is 6.07 Å². The summed E-state index contributed by atoms with van der Waals surface area (Å²) in [7, 11) is 1.72. The minimum Gasteiger partial charge on any atom is -0.380 e. The summed E-state index contributed by atoms with van der Waals surface area (Å²) in [5, 5.41) is 6.74. The van der Waals surface area contributed by atoms with E-state index >= 15 is 0 Å². The molecule has 4 nitrogen and oxygen atoms in total. The molecule has 4 heteroatoms.